The number of urea groups is 1. The molecule has 1 atom stereocenters. The van der Waals surface area contributed by atoms with Crippen LogP contribution in [0, 0.1) is 0 Å². The van der Waals surface area contributed by atoms with E-state index in [4.69, 9.17) is 16.8 Å². The van der Waals surface area contributed by atoms with Gasteiger partial charge in [-0.15, -0.1) is 0 Å². The fraction of sp³-hybridized carbons (Fsp3) is 0.385. The Labute approximate surface area is 122 Å². The van der Waals surface area contributed by atoms with E-state index in [1.165, 1.54) is 0 Å². The number of nitrogens with zero attached hydrogens (tertiary/aromatic N) is 1. The quantitative estimate of drug-likeness (QED) is 0.511. The smallest absolute Gasteiger partial charge is 0.333 e. The molecule has 1 aromatic carbocycles. The Morgan fingerprint density at radius 3 is 3.00 bits per heavy atom. The highest BCUT2D eigenvalue weighted by molar-refractivity contribution is 6.30. The number of rotatable bonds is 3. The van der Waals surface area contributed by atoms with Gasteiger partial charge in [0.05, 0.1) is 11.8 Å². The van der Waals surface area contributed by atoms with E-state index >= 15 is 0 Å². The Morgan fingerprint density at radius 1 is 1.40 bits per heavy atom. The third kappa shape index (κ3) is 4.11. The van der Waals surface area contributed by atoms with E-state index in [-0.39, 0.29) is 6.04 Å². The van der Waals surface area contributed by atoms with Crippen molar-refractivity contribution in [1.82, 2.24) is 10.9 Å². The van der Waals surface area contributed by atoms with Crippen molar-refractivity contribution in [3.8, 4) is 0 Å². The molecular formula is C13H17ClN4O2. The Hall–Kier alpha value is -1.79. The summed E-state index contributed by atoms with van der Waals surface area (Å²) in [5, 5.41) is 15.4. The molecule has 0 saturated heterocycles. The molecule has 6 nitrogen and oxygen atoms in total. The maximum Gasteiger partial charge on any atom is 0.333 e. The number of nitrogens with one attached hydrogen (secondary N) is 3. The molecule has 0 spiro atoms. The molecule has 0 bridgehead atoms. The van der Waals surface area contributed by atoms with E-state index in [2.05, 4.69) is 21.3 Å². The zero-order valence-corrected chi connectivity index (χ0v) is 11.7. The lowest BCUT2D eigenvalue weighted by Gasteiger charge is -2.24. The molecule has 20 heavy (non-hydrogen) atoms. The molecule has 1 saturated carbocycles. The van der Waals surface area contributed by atoms with Crippen molar-refractivity contribution in [1.29, 1.82) is 0 Å². The molecular weight excluding hydrogens is 280 g/mol. The van der Waals surface area contributed by atoms with Gasteiger partial charge in [0.25, 0.3) is 0 Å². The highest BCUT2D eigenvalue weighted by Crippen LogP contribution is 2.16. The van der Waals surface area contributed by atoms with Gasteiger partial charge in [0.1, 0.15) is 0 Å². The average Bonchev–Trinajstić information content (AvgIpc) is 2.45. The SMILES string of the molecule is O=C(NN[C@H]1CCCC/C1=N\O)Nc1cccc(Cl)c1. The Morgan fingerprint density at radius 2 is 2.25 bits per heavy atom. The fourth-order valence-electron chi connectivity index (χ4n) is 2.15. The number of halogens is 1. The van der Waals surface area contributed by atoms with Gasteiger partial charge < -0.3 is 10.5 Å². The zero-order valence-electron chi connectivity index (χ0n) is 10.9. The standard InChI is InChI=1S/C13H17ClN4O2/c14-9-4-3-5-10(8-9)15-13(19)17-16-11-6-1-2-7-12(11)18-20/h3-5,8,11,16,20H,1-2,6-7H2,(H2,15,17,19)/b18-12+/t11-/m0/s1. The van der Waals surface area contributed by atoms with Crippen LogP contribution in [-0.2, 0) is 0 Å². The summed E-state index contributed by atoms with van der Waals surface area (Å²) in [6, 6.07) is 6.36. The summed E-state index contributed by atoms with van der Waals surface area (Å²) in [6.45, 7) is 0. The molecule has 7 heteroatoms. The van der Waals surface area contributed by atoms with E-state index in [0.717, 1.165) is 25.7 Å². The van der Waals surface area contributed by atoms with Crippen molar-refractivity contribution >= 4 is 29.0 Å². The van der Waals surface area contributed by atoms with Gasteiger partial charge in [-0.3, -0.25) is 5.43 Å². The van der Waals surface area contributed by atoms with Gasteiger partial charge in [-0.2, -0.15) is 0 Å². The molecule has 1 aliphatic rings. The van der Waals surface area contributed by atoms with E-state index in [0.29, 0.717) is 16.4 Å². The Bertz CT molecular complexity index is 507. The first-order valence-electron chi connectivity index (χ1n) is 6.48. The molecule has 1 aromatic rings. The summed E-state index contributed by atoms with van der Waals surface area (Å²) in [5.74, 6) is 0. The van der Waals surface area contributed by atoms with Gasteiger partial charge >= 0.3 is 6.03 Å². The maximum atomic E-state index is 11.7. The van der Waals surface area contributed by atoms with Crippen LogP contribution < -0.4 is 16.2 Å². The van der Waals surface area contributed by atoms with Gasteiger partial charge in [-0.1, -0.05) is 29.2 Å². The maximum absolute atomic E-state index is 11.7. The van der Waals surface area contributed by atoms with Crippen LogP contribution in [-0.4, -0.2) is 23.0 Å². The minimum atomic E-state index is -0.393. The van der Waals surface area contributed by atoms with Crippen LogP contribution in [0.1, 0.15) is 25.7 Å². The summed E-state index contributed by atoms with van der Waals surface area (Å²) in [4.78, 5) is 11.7. The molecule has 0 unspecified atom stereocenters. The number of carbonyl (C=O) groups is 1. The molecule has 108 valence electrons. The summed E-state index contributed by atoms with van der Waals surface area (Å²) in [6.07, 6.45) is 3.61. The summed E-state index contributed by atoms with van der Waals surface area (Å²) >= 11 is 5.83. The summed E-state index contributed by atoms with van der Waals surface area (Å²) in [7, 11) is 0. The number of hydrogen-bond donors (Lipinski definition) is 4. The number of oxime groups is 1. The van der Waals surface area contributed by atoms with Crippen molar-refractivity contribution in [3.63, 3.8) is 0 Å². The van der Waals surface area contributed by atoms with Crippen molar-refractivity contribution in [2.45, 2.75) is 31.7 Å². The lowest BCUT2D eigenvalue weighted by Crippen LogP contribution is -2.50. The minimum absolute atomic E-state index is 0.126. The highest BCUT2D eigenvalue weighted by Gasteiger charge is 2.21. The second-order valence-electron chi connectivity index (χ2n) is 4.62. The molecule has 1 aliphatic carbocycles. The van der Waals surface area contributed by atoms with Crippen LogP contribution in [0.2, 0.25) is 5.02 Å². The Balaban J connectivity index is 1.83. The van der Waals surface area contributed by atoms with Gasteiger partial charge in [-0.25, -0.2) is 10.2 Å². The van der Waals surface area contributed by atoms with Crippen molar-refractivity contribution in [2.24, 2.45) is 5.16 Å². The normalized spacial score (nSPS) is 20.6. The monoisotopic (exact) mass is 296 g/mol. The zero-order chi connectivity index (χ0) is 14.4. The first-order chi connectivity index (χ1) is 9.69. The molecule has 2 amide bonds. The van der Waals surface area contributed by atoms with Crippen LogP contribution >= 0.6 is 11.6 Å². The third-order valence-corrected chi connectivity index (χ3v) is 3.38. The second kappa shape index (κ2) is 7.12. The predicted octanol–water partition coefficient (Wildman–Crippen LogP) is 2.74. The minimum Gasteiger partial charge on any atom is -0.411 e. The van der Waals surface area contributed by atoms with E-state index in [1.807, 2.05) is 0 Å². The topological polar surface area (TPSA) is 85.8 Å². The van der Waals surface area contributed by atoms with Crippen LogP contribution in [0.4, 0.5) is 10.5 Å². The Kier molecular flexibility index (Phi) is 5.20. The van der Waals surface area contributed by atoms with E-state index < -0.39 is 6.03 Å². The third-order valence-electron chi connectivity index (χ3n) is 3.15. The summed E-state index contributed by atoms with van der Waals surface area (Å²) in [5.41, 5.74) is 6.69. The van der Waals surface area contributed by atoms with Gasteiger partial charge in [0.15, 0.2) is 0 Å². The number of benzene rings is 1. The molecule has 1 fully saturated rings. The van der Waals surface area contributed by atoms with Crippen LogP contribution in [0.25, 0.3) is 0 Å². The first kappa shape index (κ1) is 14.6. The number of carbonyl (C=O) groups excluding carboxylic acids is 1. The van der Waals surface area contributed by atoms with Gasteiger partial charge in [0.2, 0.25) is 0 Å². The average molecular weight is 297 g/mol. The van der Waals surface area contributed by atoms with Crippen molar-refractivity contribution < 1.29 is 10.0 Å². The number of hydrogen-bond acceptors (Lipinski definition) is 4. The predicted molar refractivity (Wildman–Crippen MR) is 78.2 cm³/mol. The fourth-order valence-corrected chi connectivity index (χ4v) is 2.34. The molecule has 0 aliphatic heterocycles. The van der Waals surface area contributed by atoms with Gasteiger partial charge in [-0.05, 0) is 37.5 Å². The lowest BCUT2D eigenvalue weighted by molar-refractivity contribution is 0.245. The highest BCUT2D eigenvalue weighted by atomic mass is 35.5. The molecule has 4 N–H and O–H groups in total. The van der Waals surface area contributed by atoms with Gasteiger partial charge in [0, 0.05) is 10.7 Å². The number of amides is 2. The van der Waals surface area contributed by atoms with E-state index in [9.17, 15) is 4.79 Å². The lowest BCUT2D eigenvalue weighted by atomic mass is 9.94. The number of anilines is 1. The molecule has 2 rings (SSSR count). The van der Waals surface area contributed by atoms with Crippen LogP contribution in [0.15, 0.2) is 29.4 Å². The first-order valence-corrected chi connectivity index (χ1v) is 6.86. The second-order valence-corrected chi connectivity index (χ2v) is 5.06. The van der Waals surface area contributed by atoms with Crippen molar-refractivity contribution in [2.75, 3.05) is 5.32 Å². The van der Waals surface area contributed by atoms with E-state index in [1.54, 1.807) is 24.3 Å². The molecule has 0 radical (unpaired) electrons. The number of hydrazine groups is 1. The summed E-state index contributed by atoms with van der Waals surface area (Å²) < 4.78 is 0. The largest absolute Gasteiger partial charge is 0.411 e. The molecule has 0 heterocycles. The van der Waals surface area contributed by atoms with Crippen molar-refractivity contribution in [3.05, 3.63) is 29.3 Å². The van der Waals surface area contributed by atoms with Crippen LogP contribution in [0.5, 0.6) is 0 Å². The van der Waals surface area contributed by atoms with Crippen LogP contribution in [0.3, 0.4) is 0 Å². The molecule has 0 aromatic heterocycles.